The number of nitrogens with one attached hydrogen (secondary N) is 1. The minimum atomic E-state index is -0.924. The number of allylic oxidation sites excluding steroid dienone is 1. The third-order valence-electron chi connectivity index (χ3n) is 8.79. The van der Waals surface area contributed by atoms with Gasteiger partial charge in [-0.15, -0.1) is 0 Å². The van der Waals surface area contributed by atoms with Gasteiger partial charge in [-0.1, -0.05) is 53.7 Å². The highest BCUT2D eigenvalue weighted by Gasteiger charge is 2.69. The SMILES string of the molecule is CC(=O)N[C@]1(C(=O)O[C@@H]2[C@H]3CC[C@@](C)([C@@H]2OCC(C)(C)C)C3(C)C)C[C@H]2C=C[C@@H]1C2. The largest absolute Gasteiger partial charge is 0.458 e. The Kier molecular flexibility index (Phi) is 4.97. The van der Waals surface area contributed by atoms with E-state index < -0.39 is 5.54 Å². The highest BCUT2D eigenvalue weighted by Crippen LogP contribution is 2.67. The van der Waals surface area contributed by atoms with Crippen LogP contribution in [-0.2, 0) is 19.1 Å². The minimum Gasteiger partial charge on any atom is -0.458 e. The summed E-state index contributed by atoms with van der Waals surface area (Å²) < 4.78 is 12.9. The maximum atomic E-state index is 13.7. The van der Waals surface area contributed by atoms with Gasteiger partial charge in [0.1, 0.15) is 17.7 Å². The molecule has 168 valence electrons. The molecule has 0 radical (unpaired) electrons. The van der Waals surface area contributed by atoms with Gasteiger partial charge in [-0.3, -0.25) is 4.79 Å². The van der Waals surface area contributed by atoms with Crippen LogP contribution in [0.2, 0.25) is 0 Å². The van der Waals surface area contributed by atoms with E-state index in [2.05, 4.69) is 59.0 Å². The molecule has 30 heavy (non-hydrogen) atoms. The van der Waals surface area contributed by atoms with Gasteiger partial charge in [-0.25, -0.2) is 4.79 Å². The van der Waals surface area contributed by atoms with Crippen LogP contribution >= 0.6 is 0 Å². The summed E-state index contributed by atoms with van der Waals surface area (Å²) in [4.78, 5) is 25.7. The number of carbonyl (C=O) groups excluding carboxylic acids is 2. The van der Waals surface area contributed by atoms with Crippen LogP contribution in [0.4, 0.5) is 0 Å². The zero-order valence-corrected chi connectivity index (χ0v) is 19.7. The molecule has 5 heteroatoms. The molecule has 4 rings (SSSR count). The zero-order valence-electron chi connectivity index (χ0n) is 19.7. The number of hydrogen-bond donors (Lipinski definition) is 1. The Balaban J connectivity index is 1.60. The lowest BCUT2D eigenvalue weighted by molar-refractivity contribution is -0.178. The number of hydrogen-bond acceptors (Lipinski definition) is 4. The Hall–Kier alpha value is -1.36. The van der Waals surface area contributed by atoms with Crippen molar-refractivity contribution in [2.45, 2.75) is 91.9 Å². The molecule has 7 atom stereocenters. The third kappa shape index (κ3) is 3.14. The standard InChI is InChI=1S/C25H39NO4/c1-15(27)26-25(13-16-8-9-17(25)12-16)21(28)30-19-18-10-11-24(7,23(18,5)6)20(19)29-14-22(2,3)4/h8-9,16-20H,10-14H2,1-7H3,(H,26,27)/t16-,17+,18+,19+,20+,24-,25+/m0/s1. The number of ether oxygens (including phenoxy) is 2. The molecule has 3 saturated carbocycles. The average Bonchev–Trinajstić information content (AvgIpc) is 3.29. The average molecular weight is 418 g/mol. The molecule has 1 N–H and O–H groups in total. The second kappa shape index (κ2) is 6.82. The van der Waals surface area contributed by atoms with E-state index in [0.717, 1.165) is 19.3 Å². The lowest BCUT2D eigenvalue weighted by Crippen LogP contribution is -2.59. The Labute approximate surface area is 181 Å². The first kappa shape index (κ1) is 21.9. The summed E-state index contributed by atoms with van der Waals surface area (Å²) in [6.07, 6.45) is 7.59. The summed E-state index contributed by atoms with van der Waals surface area (Å²) in [7, 11) is 0. The summed E-state index contributed by atoms with van der Waals surface area (Å²) in [6.45, 7) is 15.5. The first-order valence-electron chi connectivity index (χ1n) is 11.6. The van der Waals surface area contributed by atoms with E-state index in [-0.39, 0.29) is 52.2 Å². The van der Waals surface area contributed by atoms with Crippen LogP contribution in [-0.4, -0.2) is 36.2 Å². The van der Waals surface area contributed by atoms with Crippen LogP contribution in [0, 0.1) is 34.0 Å². The molecular weight excluding hydrogens is 378 g/mol. The van der Waals surface area contributed by atoms with Gasteiger partial charge in [-0.2, -0.15) is 0 Å². The van der Waals surface area contributed by atoms with Gasteiger partial charge in [-0.05, 0) is 42.4 Å². The first-order valence-corrected chi connectivity index (χ1v) is 11.6. The van der Waals surface area contributed by atoms with Crippen molar-refractivity contribution in [2.75, 3.05) is 6.61 Å². The first-order chi connectivity index (χ1) is 13.8. The van der Waals surface area contributed by atoms with Crippen molar-refractivity contribution < 1.29 is 19.1 Å². The molecule has 4 bridgehead atoms. The van der Waals surface area contributed by atoms with E-state index in [0.29, 0.717) is 18.9 Å². The highest BCUT2D eigenvalue weighted by atomic mass is 16.6. The van der Waals surface area contributed by atoms with Crippen molar-refractivity contribution in [2.24, 2.45) is 34.0 Å². The van der Waals surface area contributed by atoms with E-state index in [1.54, 1.807) is 0 Å². The van der Waals surface area contributed by atoms with Crippen LogP contribution in [0.25, 0.3) is 0 Å². The van der Waals surface area contributed by atoms with Crippen molar-refractivity contribution in [3.8, 4) is 0 Å². The Morgan fingerprint density at radius 3 is 2.40 bits per heavy atom. The second-order valence-corrected chi connectivity index (χ2v) is 12.3. The smallest absolute Gasteiger partial charge is 0.332 e. The fraction of sp³-hybridized carbons (Fsp3) is 0.840. The normalized spacial score (nSPS) is 43.2. The molecule has 0 aromatic rings. The van der Waals surface area contributed by atoms with Gasteiger partial charge in [0, 0.05) is 24.2 Å². The van der Waals surface area contributed by atoms with Crippen molar-refractivity contribution in [1.29, 1.82) is 0 Å². The molecule has 1 amide bonds. The van der Waals surface area contributed by atoms with E-state index in [1.807, 2.05) is 0 Å². The van der Waals surface area contributed by atoms with E-state index in [4.69, 9.17) is 9.47 Å². The van der Waals surface area contributed by atoms with Gasteiger partial charge in [0.05, 0.1) is 6.61 Å². The summed E-state index contributed by atoms with van der Waals surface area (Å²) in [5.74, 6) is 0.204. The van der Waals surface area contributed by atoms with Crippen molar-refractivity contribution in [3.63, 3.8) is 0 Å². The minimum absolute atomic E-state index is 0.0232. The lowest BCUT2D eigenvalue weighted by Gasteiger charge is -2.41. The molecule has 0 aliphatic heterocycles. The predicted molar refractivity (Wildman–Crippen MR) is 116 cm³/mol. The molecule has 0 spiro atoms. The van der Waals surface area contributed by atoms with Gasteiger partial charge in [0.15, 0.2) is 0 Å². The second-order valence-electron chi connectivity index (χ2n) is 12.3. The van der Waals surface area contributed by atoms with Crippen molar-refractivity contribution >= 4 is 11.9 Å². The monoisotopic (exact) mass is 417 g/mol. The Morgan fingerprint density at radius 2 is 1.87 bits per heavy atom. The third-order valence-corrected chi connectivity index (χ3v) is 8.79. The Bertz CT molecular complexity index is 766. The number of amides is 1. The molecule has 0 aromatic heterocycles. The number of esters is 1. The van der Waals surface area contributed by atoms with Gasteiger partial charge < -0.3 is 14.8 Å². The highest BCUT2D eigenvalue weighted by molar-refractivity contribution is 5.89. The topological polar surface area (TPSA) is 64.6 Å². The summed E-state index contributed by atoms with van der Waals surface area (Å²) in [6, 6.07) is 0. The van der Waals surface area contributed by atoms with E-state index in [1.165, 1.54) is 6.92 Å². The summed E-state index contributed by atoms with van der Waals surface area (Å²) in [5.41, 5.74) is -0.865. The summed E-state index contributed by atoms with van der Waals surface area (Å²) in [5, 5.41) is 3.00. The summed E-state index contributed by atoms with van der Waals surface area (Å²) >= 11 is 0. The molecule has 4 aliphatic rings. The van der Waals surface area contributed by atoms with Gasteiger partial charge in [0.2, 0.25) is 5.91 Å². The zero-order chi connectivity index (χ0) is 22.1. The van der Waals surface area contributed by atoms with Crippen LogP contribution < -0.4 is 5.32 Å². The molecule has 0 aromatic carbocycles. The van der Waals surface area contributed by atoms with Crippen molar-refractivity contribution in [1.82, 2.24) is 5.32 Å². The molecule has 0 saturated heterocycles. The van der Waals surface area contributed by atoms with Crippen LogP contribution in [0.5, 0.6) is 0 Å². The maximum absolute atomic E-state index is 13.7. The van der Waals surface area contributed by atoms with Crippen molar-refractivity contribution in [3.05, 3.63) is 12.2 Å². The van der Waals surface area contributed by atoms with Crippen LogP contribution in [0.15, 0.2) is 12.2 Å². The molecule has 3 fully saturated rings. The van der Waals surface area contributed by atoms with Crippen LogP contribution in [0.3, 0.4) is 0 Å². The fourth-order valence-corrected chi connectivity index (χ4v) is 6.81. The van der Waals surface area contributed by atoms with Crippen LogP contribution in [0.1, 0.15) is 74.1 Å². The van der Waals surface area contributed by atoms with E-state index in [9.17, 15) is 9.59 Å². The number of fused-ring (bicyclic) bond motifs is 4. The Morgan fingerprint density at radius 1 is 1.17 bits per heavy atom. The van der Waals surface area contributed by atoms with E-state index >= 15 is 0 Å². The fourth-order valence-electron chi connectivity index (χ4n) is 6.81. The molecule has 0 unspecified atom stereocenters. The molecule has 0 heterocycles. The number of rotatable bonds is 5. The van der Waals surface area contributed by atoms with Gasteiger partial charge in [0.25, 0.3) is 0 Å². The lowest BCUT2D eigenvalue weighted by atomic mass is 9.70. The predicted octanol–water partition coefficient (Wildman–Crippen LogP) is 4.26. The maximum Gasteiger partial charge on any atom is 0.332 e. The van der Waals surface area contributed by atoms with Gasteiger partial charge >= 0.3 is 5.97 Å². The molecule has 4 aliphatic carbocycles. The number of carbonyl (C=O) groups is 2. The quantitative estimate of drug-likeness (QED) is 0.536. The molecule has 5 nitrogen and oxygen atoms in total. The molecular formula is C25H39NO4.